The van der Waals surface area contributed by atoms with Crippen molar-refractivity contribution in [3.63, 3.8) is 0 Å². The second-order valence-electron chi connectivity index (χ2n) is 6.46. The minimum atomic E-state index is -0.0399. The van der Waals surface area contributed by atoms with Crippen LogP contribution in [-0.2, 0) is 4.79 Å². The largest absolute Gasteiger partial charge is 0.325 e. The van der Waals surface area contributed by atoms with Crippen LogP contribution < -0.4 is 5.32 Å². The van der Waals surface area contributed by atoms with Crippen LogP contribution in [0.1, 0.15) is 11.1 Å². The maximum Gasteiger partial charge on any atom is 0.234 e. The maximum atomic E-state index is 12.5. The quantitative estimate of drug-likeness (QED) is 0.341. The molecule has 28 heavy (non-hydrogen) atoms. The first-order chi connectivity index (χ1) is 13.6. The highest BCUT2D eigenvalue weighted by Crippen LogP contribution is 2.37. The summed E-state index contributed by atoms with van der Waals surface area (Å²) in [6, 6.07) is 16.1. The Kier molecular flexibility index (Phi) is 5.41. The predicted octanol–water partition coefficient (Wildman–Crippen LogP) is 5.71. The summed E-state index contributed by atoms with van der Waals surface area (Å²) >= 11 is 3.04. The van der Waals surface area contributed by atoms with E-state index in [1.165, 1.54) is 11.8 Å². The average Bonchev–Trinajstić information content (AvgIpc) is 3.15. The van der Waals surface area contributed by atoms with Gasteiger partial charge in [-0.05, 0) is 36.6 Å². The van der Waals surface area contributed by atoms with Gasteiger partial charge in [0.15, 0.2) is 0 Å². The summed E-state index contributed by atoms with van der Waals surface area (Å²) in [6.07, 6.45) is 1.57. The number of aryl methyl sites for hydroxylation is 1. The van der Waals surface area contributed by atoms with Crippen molar-refractivity contribution in [3.05, 3.63) is 71.4 Å². The Hall–Kier alpha value is -2.70. The fourth-order valence-corrected chi connectivity index (χ4v) is 4.79. The van der Waals surface area contributed by atoms with Gasteiger partial charge in [-0.3, -0.25) is 4.79 Å². The Labute approximate surface area is 172 Å². The summed E-state index contributed by atoms with van der Waals surface area (Å²) in [7, 11) is 0. The molecule has 0 saturated carbocycles. The fourth-order valence-electron chi connectivity index (χ4n) is 2.99. The maximum absolute atomic E-state index is 12.5. The topological polar surface area (TPSA) is 54.9 Å². The average molecular weight is 406 g/mol. The lowest BCUT2D eigenvalue weighted by atomic mass is 10.1. The fraction of sp³-hybridized carbons (Fsp3) is 0.136. The van der Waals surface area contributed by atoms with Gasteiger partial charge in [0, 0.05) is 16.6 Å². The minimum absolute atomic E-state index is 0.0399. The van der Waals surface area contributed by atoms with Gasteiger partial charge in [-0.15, -0.1) is 11.3 Å². The zero-order chi connectivity index (χ0) is 19.5. The van der Waals surface area contributed by atoms with Crippen molar-refractivity contribution < 1.29 is 4.79 Å². The van der Waals surface area contributed by atoms with E-state index in [-0.39, 0.29) is 5.91 Å². The minimum Gasteiger partial charge on any atom is -0.325 e. The number of aromatic nitrogens is 2. The Morgan fingerprint density at radius 2 is 1.89 bits per heavy atom. The number of thiophene rings is 1. The standard InChI is InChI=1S/C22H19N3OS2/c1-14-7-6-10-18(15(14)2)25-19(26)12-28-22-20-17(16-8-4-3-5-9-16)11-27-21(20)23-13-24-22/h3-11,13H,12H2,1-2H3,(H,25,26). The zero-order valence-corrected chi connectivity index (χ0v) is 17.2. The number of nitrogens with zero attached hydrogens (tertiary/aromatic N) is 2. The van der Waals surface area contributed by atoms with E-state index in [4.69, 9.17) is 0 Å². The van der Waals surface area contributed by atoms with E-state index in [1.807, 2.05) is 50.2 Å². The molecule has 2 heterocycles. The van der Waals surface area contributed by atoms with Crippen LogP contribution in [0.3, 0.4) is 0 Å². The van der Waals surface area contributed by atoms with Crippen molar-refractivity contribution in [2.45, 2.75) is 18.9 Å². The molecule has 0 aliphatic carbocycles. The summed E-state index contributed by atoms with van der Waals surface area (Å²) in [5.74, 6) is 0.255. The number of nitrogens with one attached hydrogen (secondary N) is 1. The SMILES string of the molecule is Cc1cccc(NC(=O)CSc2ncnc3scc(-c4ccccc4)c23)c1C. The monoisotopic (exact) mass is 405 g/mol. The van der Waals surface area contributed by atoms with Crippen molar-refractivity contribution in [2.24, 2.45) is 0 Å². The highest BCUT2D eigenvalue weighted by molar-refractivity contribution is 8.00. The molecule has 0 aliphatic rings. The summed E-state index contributed by atoms with van der Waals surface area (Å²) in [5.41, 5.74) is 5.35. The number of rotatable bonds is 5. The van der Waals surface area contributed by atoms with E-state index in [0.717, 1.165) is 43.2 Å². The lowest BCUT2D eigenvalue weighted by Gasteiger charge is -2.10. The van der Waals surface area contributed by atoms with Gasteiger partial charge in [0.25, 0.3) is 0 Å². The van der Waals surface area contributed by atoms with E-state index in [1.54, 1.807) is 17.7 Å². The Balaban J connectivity index is 1.56. The molecular formula is C22H19N3OS2. The number of amides is 1. The molecule has 4 nitrogen and oxygen atoms in total. The number of anilines is 1. The van der Waals surface area contributed by atoms with Crippen LogP contribution in [-0.4, -0.2) is 21.6 Å². The summed E-state index contributed by atoms with van der Waals surface area (Å²) in [4.78, 5) is 22.3. The highest BCUT2D eigenvalue weighted by atomic mass is 32.2. The molecule has 2 aromatic carbocycles. The smallest absolute Gasteiger partial charge is 0.234 e. The molecule has 0 spiro atoms. The van der Waals surface area contributed by atoms with E-state index in [2.05, 4.69) is 32.8 Å². The van der Waals surface area contributed by atoms with Crippen LogP contribution in [0.2, 0.25) is 0 Å². The number of hydrogen-bond donors (Lipinski definition) is 1. The third kappa shape index (κ3) is 3.79. The Morgan fingerprint density at radius 3 is 2.71 bits per heavy atom. The molecule has 0 radical (unpaired) electrons. The van der Waals surface area contributed by atoms with Crippen LogP contribution in [0.25, 0.3) is 21.3 Å². The molecular weight excluding hydrogens is 386 g/mol. The molecule has 0 bridgehead atoms. The van der Waals surface area contributed by atoms with Crippen LogP contribution in [0.15, 0.2) is 65.3 Å². The third-order valence-corrected chi connectivity index (χ3v) is 6.51. The Bertz CT molecular complexity index is 1140. The molecule has 4 rings (SSSR count). The van der Waals surface area contributed by atoms with Crippen molar-refractivity contribution in [1.82, 2.24) is 9.97 Å². The summed E-state index contributed by atoms with van der Waals surface area (Å²) < 4.78 is 0. The molecule has 0 unspecified atom stereocenters. The summed E-state index contributed by atoms with van der Waals surface area (Å²) in [5, 5.41) is 6.97. The highest BCUT2D eigenvalue weighted by Gasteiger charge is 2.15. The zero-order valence-electron chi connectivity index (χ0n) is 15.6. The van der Waals surface area contributed by atoms with Gasteiger partial charge in [-0.1, -0.05) is 54.2 Å². The van der Waals surface area contributed by atoms with Crippen LogP contribution in [0.4, 0.5) is 5.69 Å². The van der Waals surface area contributed by atoms with Crippen LogP contribution >= 0.6 is 23.1 Å². The van der Waals surface area contributed by atoms with E-state index in [0.29, 0.717) is 5.75 Å². The first-order valence-corrected chi connectivity index (χ1v) is 10.8. The van der Waals surface area contributed by atoms with Crippen LogP contribution in [0.5, 0.6) is 0 Å². The van der Waals surface area contributed by atoms with Gasteiger partial charge in [-0.25, -0.2) is 9.97 Å². The second kappa shape index (κ2) is 8.12. The van der Waals surface area contributed by atoms with Gasteiger partial charge in [0.1, 0.15) is 16.2 Å². The first-order valence-electron chi connectivity index (χ1n) is 8.90. The lowest BCUT2D eigenvalue weighted by Crippen LogP contribution is -2.15. The third-order valence-electron chi connectivity index (χ3n) is 4.64. The molecule has 1 N–H and O–H groups in total. The summed E-state index contributed by atoms with van der Waals surface area (Å²) in [6.45, 7) is 4.06. The molecule has 0 atom stereocenters. The first kappa shape index (κ1) is 18.7. The number of benzene rings is 2. The number of hydrogen-bond acceptors (Lipinski definition) is 5. The normalized spacial score (nSPS) is 10.9. The van der Waals surface area contributed by atoms with Crippen molar-refractivity contribution >= 4 is 44.9 Å². The van der Waals surface area contributed by atoms with Crippen molar-refractivity contribution in [1.29, 1.82) is 0 Å². The van der Waals surface area contributed by atoms with Gasteiger partial charge < -0.3 is 5.32 Å². The Morgan fingerprint density at radius 1 is 1.07 bits per heavy atom. The van der Waals surface area contributed by atoms with Gasteiger partial charge in [-0.2, -0.15) is 0 Å². The number of fused-ring (bicyclic) bond motifs is 1. The molecule has 2 aromatic heterocycles. The van der Waals surface area contributed by atoms with Crippen LogP contribution in [0, 0.1) is 13.8 Å². The van der Waals surface area contributed by atoms with Gasteiger partial charge in [0.2, 0.25) is 5.91 Å². The number of carbonyl (C=O) groups is 1. The molecule has 0 aliphatic heterocycles. The van der Waals surface area contributed by atoms with E-state index < -0.39 is 0 Å². The second-order valence-corrected chi connectivity index (χ2v) is 8.28. The number of thioether (sulfide) groups is 1. The molecule has 0 fully saturated rings. The van der Waals surface area contributed by atoms with E-state index >= 15 is 0 Å². The molecule has 0 saturated heterocycles. The lowest BCUT2D eigenvalue weighted by molar-refractivity contribution is -0.113. The van der Waals surface area contributed by atoms with Gasteiger partial charge in [0.05, 0.1) is 11.1 Å². The number of carbonyl (C=O) groups excluding carboxylic acids is 1. The van der Waals surface area contributed by atoms with Crippen molar-refractivity contribution in [3.8, 4) is 11.1 Å². The molecule has 1 amide bonds. The van der Waals surface area contributed by atoms with Gasteiger partial charge >= 0.3 is 0 Å². The van der Waals surface area contributed by atoms with E-state index in [9.17, 15) is 4.79 Å². The molecule has 140 valence electrons. The van der Waals surface area contributed by atoms with Crippen molar-refractivity contribution in [2.75, 3.05) is 11.1 Å². The predicted molar refractivity (Wildman–Crippen MR) is 118 cm³/mol. The molecule has 4 aromatic rings. The molecule has 6 heteroatoms.